The standard InChI is InChI=1S/C15H20Cl2N2O2/c1-15(2,3)21-14(20)19-5-4-13(18)10-7-12(17)11(16)6-9(10)8-19/h6-7,13H,4-5,8,18H2,1-3H3. The summed E-state index contributed by atoms with van der Waals surface area (Å²) in [7, 11) is 0. The summed E-state index contributed by atoms with van der Waals surface area (Å²) in [5.41, 5.74) is 7.51. The van der Waals surface area contributed by atoms with Crippen LogP contribution in [0.25, 0.3) is 0 Å². The van der Waals surface area contributed by atoms with Crippen molar-refractivity contribution in [3.63, 3.8) is 0 Å². The summed E-state index contributed by atoms with van der Waals surface area (Å²) in [4.78, 5) is 13.9. The molecule has 116 valence electrons. The zero-order valence-corrected chi connectivity index (χ0v) is 14.0. The van der Waals surface area contributed by atoms with Gasteiger partial charge in [-0.15, -0.1) is 0 Å². The lowest BCUT2D eigenvalue weighted by molar-refractivity contribution is 0.0235. The van der Waals surface area contributed by atoms with E-state index in [4.69, 9.17) is 33.7 Å². The van der Waals surface area contributed by atoms with Crippen LogP contribution < -0.4 is 5.73 Å². The first kappa shape index (κ1) is 16.4. The van der Waals surface area contributed by atoms with E-state index in [0.717, 1.165) is 11.1 Å². The van der Waals surface area contributed by atoms with Crippen LogP contribution in [-0.4, -0.2) is 23.1 Å². The van der Waals surface area contributed by atoms with E-state index in [0.29, 0.717) is 29.6 Å². The molecule has 1 aliphatic rings. The molecule has 0 fully saturated rings. The first-order valence-electron chi connectivity index (χ1n) is 6.88. The zero-order valence-electron chi connectivity index (χ0n) is 12.5. The van der Waals surface area contributed by atoms with Gasteiger partial charge in [0.25, 0.3) is 0 Å². The summed E-state index contributed by atoms with van der Waals surface area (Å²) in [6.45, 7) is 6.51. The molecular weight excluding hydrogens is 311 g/mol. The van der Waals surface area contributed by atoms with Crippen molar-refractivity contribution < 1.29 is 9.53 Å². The summed E-state index contributed by atoms with van der Waals surface area (Å²) < 4.78 is 5.42. The van der Waals surface area contributed by atoms with Crippen molar-refractivity contribution in [2.45, 2.75) is 45.4 Å². The molecule has 0 aromatic heterocycles. The van der Waals surface area contributed by atoms with Crippen molar-refractivity contribution in [1.82, 2.24) is 4.90 Å². The molecule has 1 aliphatic heterocycles. The second-order valence-electron chi connectivity index (χ2n) is 6.26. The highest BCUT2D eigenvalue weighted by Gasteiger charge is 2.27. The Bertz CT molecular complexity index is 555. The molecule has 2 N–H and O–H groups in total. The molecule has 0 spiro atoms. The number of halogens is 2. The number of hydrogen-bond donors (Lipinski definition) is 1. The van der Waals surface area contributed by atoms with Gasteiger partial charge in [0.05, 0.1) is 10.0 Å². The highest BCUT2D eigenvalue weighted by molar-refractivity contribution is 6.42. The van der Waals surface area contributed by atoms with E-state index in [2.05, 4.69) is 0 Å². The van der Waals surface area contributed by atoms with Crippen LogP contribution in [-0.2, 0) is 11.3 Å². The zero-order chi connectivity index (χ0) is 15.8. The number of amides is 1. The van der Waals surface area contributed by atoms with Gasteiger partial charge >= 0.3 is 6.09 Å². The van der Waals surface area contributed by atoms with Crippen molar-refractivity contribution in [2.75, 3.05) is 6.54 Å². The lowest BCUT2D eigenvalue weighted by Gasteiger charge is -2.26. The van der Waals surface area contributed by atoms with Crippen LogP contribution in [0.2, 0.25) is 10.0 Å². The van der Waals surface area contributed by atoms with Crippen molar-refractivity contribution in [2.24, 2.45) is 5.73 Å². The Morgan fingerprint density at radius 3 is 2.57 bits per heavy atom. The summed E-state index contributed by atoms with van der Waals surface area (Å²) in [5.74, 6) is 0. The number of hydrogen-bond acceptors (Lipinski definition) is 3. The van der Waals surface area contributed by atoms with E-state index in [1.807, 2.05) is 20.8 Å². The lowest BCUT2D eigenvalue weighted by Crippen LogP contribution is -2.36. The minimum atomic E-state index is -0.522. The SMILES string of the molecule is CC(C)(C)OC(=O)N1CCC(N)c2cc(Cl)c(Cl)cc2C1. The molecule has 0 saturated heterocycles. The van der Waals surface area contributed by atoms with Gasteiger partial charge in [-0.3, -0.25) is 0 Å². The Labute approximate surface area is 135 Å². The maximum Gasteiger partial charge on any atom is 0.410 e. The summed E-state index contributed by atoms with van der Waals surface area (Å²) >= 11 is 12.1. The fraction of sp³-hybridized carbons (Fsp3) is 0.533. The number of carbonyl (C=O) groups is 1. The number of benzene rings is 1. The predicted molar refractivity (Wildman–Crippen MR) is 84.7 cm³/mol. The van der Waals surface area contributed by atoms with E-state index in [1.165, 1.54) is 0 Å². The van der Waals surface area contributed by atoms with Gasteiger partial charge in [0, 0.05) is 19.1 Å². The number of nitrogens with zero attached hydrogens (tertiary/aromatic N) is 1. The molecule has 1 aromatic carbocycles. The second-order valence-corrected chi connectivity index (χ2v) is 7.08. The Balaban J connectivity index is 2.27. The number of nitrogens with two attached hydrogens (primary N) is 1. The molecule has 0 radical (unpaired) electrons. The topological polar surface area (TPSA) is 55.6 Å². The smallest absolute Gasteiger partial charge is 0.410 e. The molecule has 1 aromatic rings. The minimum absolute atomic E-state index is 0.165. The van der Waals surface area contributed by atoms with Crippen molar-refractivity contribution in [1.29, 1.82) is 0 Å². The highest BCUT2D eigenvalue weighted by atomic mass is 35.5. The number of fused-ring (bicyclic) bond motifs is 1. The molecule has 6 heteroatoms. The van der Waals surface area contributed by atoms with E-state index in [1.54, 1.807) is 17.0 Å². The third-order valence-corrected chi connectivity index (χ3v) is 4.03. The largest absolute Gasteiger partial charge is 0.444 e. The monoisotopic (exact) mass is 330 g/mol. The van der Waals surface area contributed by atoms with E-state index in [9.17, 15) is 4.79 Å². The maximum atomic E-state index is 12.2. The first-order chi connectivity index (χ1) is 9.67. The molecular formula is C15H20Cl2N2O2. The van der Waals surface area contributed by atoms with Gasteiger partial charge in [0.2, 0.25) is 0 Å². The van der Waals surface area contributed by atoms with Gasteiger partial charge in [0.15, 0.2) is 0 Å². The van der Waals surface area contributed by atoms with Gasteiger partial charge in [-0.05, 0) is 50.5 Å². The Kier molecular flexibility index (Phi) is 4.71. The predicted octanol–water partition coefficient (Wildman–Crippen LogP) is 4.13. The van der Waals surface area contributed by atoms with Crippen LogP contribution in [0.3, 0.4) is 0 Å². The van der Waals surface area contributed by atoms with Crippen molar-refractivity contribution in [3.8, 4) is 0 Å². The maximum absolute atomic E-state index is 12.2. The average molecular weight is 331 g/mol. The van der Waals surface area contributed by atoms with Gasteiger partial charge in [-0.25, -0.2) is 4.79 Å². The molecule has 0 aliphatic carbocycles. The summed E-state index contributed by atoms with van der Waals surface area (Å²) in [6.07, 6.45) is 0.318. The fourth-order valence-corrected chi connectivity index (χ4v) is 2.66. The molecule has 4 nitrogen and oxygen atoms in total. The van der Waals surface area contributed by atoms with E-state index in [-0.39, 0.29) is 12.1 Å². The van der Waals surface area contributed by atoms with Crippen LogP contribution in [0, 0.1) is 0 Å². The molecule has 0 bridgehead atoms. The third kappa shape index (κ3) is 4.02. The normalized spacial score (nSPS) is 19.0. The summed E-state index contributed by atoms with van der Waals surface area (Å²) in [6, 6.07) is 3.41. The Morgan fingerprint density at radius 1 is 1.33 bits per heavy atom. The van der Waals surface area contributed by atoms with E-state index >= 15 is 0 Å². The quantitative estimate of drug-likeness (QED) is 0.777. The molecule has 1 unspecified atom stereocenters. The number of ether oxygens (including phenoxy) is 1. The second kappa shape index (κ2) is 6.03. The lowest BCUT2D eigenvalue weighted by atomic mass is 10.0. The molecule has 0 saturated carbocycles. The van der Waals surface area contributed by atoms with Crippen molar-refractivity contribution in [3.05, 3.63) is 33.3 Å². The Hall–Kier alpha value is -0.970. The molecule has 21 heavy (non-hydrogen) atoms. The van der Waals surface area contributed by atoms with Gasteiger partial charge in [-0.1, -0.05) is 23.2 Å². The summed E-state index contributed by atoms with van der Waals surface area (Å²) in [5, 5.41) is 0.949. The van der Waals surface area contributed by atoms with Crippen LogP contribution in [0.1, 0.15) is 44.4 Å². The first-order valence-corrected chi connectivity index (χ1v) is 7.64. The molecule has 2 rings (SSSR count). The molecule has 1 atom stereocenters. The number of carbonyl (C=O) groups excluding carboxylic acids is 1. The Morgan fingerprint density at radius 2 is 1.95 bits per heavy atom. The average Bonchev–Trinajstić information content (AvgIpc) is 2.49. The van der Waals surface area contributed by atoms with Gasteiger partial charge in [0.1, 0.15) is 5.60 Å². The highest BCUT2D eigenvalue weighted by Crippen LogP contribution is 2.32. The fourth-order valence-electron chi connectivity index (χ4n) is 2.30. The van der Waals surface area contributed by atoms with Crippen molar-refractivity contribution >= 4 is 29.3 Å². The molecule has 1 amide bonds. The van der Waals surface area contributed by atoms with Gasteiger partial charge < -0.3 is 15.4 Å². The van der Waals surface area contributed by atoms with E-state index < -0.39 is 5.60 Å². The van der Waals surface area contributed by atoms with Crippen LogP contribution >= 0.6 is 23.2 Å². The van der Waals surface area contributed by atoms with Crippen LogP contribution in [0.15, 0.2) is 12.1 Å². The molecule has 1 heterocycles. The van der Waals surface area contributed by atoms with Gasteiger partial charge in [-0.2, -0.15) is 0 Å². The van der Waals surface area contributed by atoms with Crippen LogP contribution in [0.4, 0.5) is 4.79 Å². The third-order valence-electron chi connectivity index (χ3n) is 3.30. The van der Waals surface area contributed by atoms with Crippen LogP contribution in [0.5, 0.6) is 0 Å². The minimum Gasteiger partial charge on any atom is -0.444 e. The number of rotatable bonds is 0.